The molecule has 2 aromatic carbocycles. The van der Waals surface area contributed by atoms with Gasteiger partial charge in [0.2, 0.25) is 11.8 Å². The zero-order valence-electron chi connectivity index (χ0n) is 21.3. The van der Waals surface area contributed by atoms with Crippen LogP contribution in [0.1, 0.15) is 36.8 Å². The molecule has 0 aliphatic carbocycles. The number of ether oxygens (including phenoxy) is 2. The number of carbonyl (C=O) groups is 2. The molecule has 0 radical (unpaired) electrons. The first kappa shape index (κ1) is 26.0. The van der Waals surface area contributed by atoms with Crippen molar-refractivity contribution in [3.63, 3.8) is 0 Å². The van der Waals surface area contributed by atoms with Crippen molar-refractivity contribution in [1.82, 2.24) is 0 Å². The van der Waals surface area contributed by atoms with Gasteiger partial charge in [-0.2, -0.15) is 0 Å². The molecule has 2 fully saturated rings. The summed E-state index contributed by atoms with van der Waals surface area (Å²) in [4.78, 5) is 30.4. The Bertz CT molecular complexity index is 1140. The molecule has 37 heavy (non-hydrogen) atoms. The van der Waals surface area contributed by atoms with Crippen LogP contribution < -0.4 is 19.3 Å². The molecule has 192 valence electrons. The Balaban J connectivity index is 1.77. The third kappa shape index (κ3) is 4.96. The highest BCUT2D eigenvalue weighted by Gasteiger charge is 2.56. The van der Waals surface area contributed by atoms with Gasteiger partial charge in [0, 0.05) is 24.2 Å². The Kier molecular flexibility index (Phi) is 7.97. The largest absolute Gasteiger partial charge is 0.489 e. The zero-order valence-corrected chi connectivity index (χ0v) is 21.3. The van der Waals surface area contributed by atoms with E-state index in [-0.39, 0.29) is 11.8 Å². The van der Waals surface area contributed by atoms with Crippen molar-refractivity contribution in [3.8, 4) is 11.5 Å². The van der Waals surface area contributed by atoms with Crippen LogP contribution in [0.5, 0.6) is 11.5 Å². The van der Waals surface area contributed by atoms with Crippen LogP contribution in [0.15, 0.2) is 87.0 Å². The van der Waals surface area contributed by atoms with E-state index in [0.717, 1.165) is 34.0 Å². The van der Waals surface area contributed by atoms with Gasteiger partial charge in [0.15, 0.2) is 0 Å². The normalized spacial score (nSPS) is 16.2. The standard InChI is InChI=1S/C31H34N2O4/c1-5-9-23-21-25(11-13-27(23)36-19-7-3)32-29(34)15-17-31(32)18-16-30(35)33(31)26-12-14-28(37-20-8-4)24(22-26)10-6-2/h5-8,11-14,21-22H,1-4,9-10,15-20H2. The average molecular weight is 499 g/mol. The van der Waals surface area contributed by atoms with Crippen LogP contribution in [-0.4, -0.2) is 30.7 Å². The Hall–Kier alpha value is -4.06. The number of rotatable bonds is 12. The number of carbonyl (C=O) groups excluding carboxylic acids is 2. The number of allylic oxidation sites excluding steroid dienone is 2. The molecule has 6 heteroatoms. The molecule has 0 N–H and O–H groups in total. The summed E-state index contributed by atoms with van der Waals surface area (Å²) < 4.78 is 11.6. The van der Waals surface area contributed by atoms with Crippen molar-refractivity contribution in [2.24, 2.45) is 0 Å². The molecule has 0 aromatic heterocycles. The molecule has 0 atom stereocenters. The van der Waals surface area contributed by atoms with Crippen molar-refractivity contribution < 1.29 is 19.1 Å². The van der Waals surface area contributed by atoms with Gasteiger partial charge in [-0.15, -0.1) is 13.2 Å². The molecular formula is C31H34N2O4. The van der Waals surface area contributed by atoms with E-state index in [2.05, 4.69) is 26.3 Å². The fourth-order valence-corrected chi connectivity index (χ4v) is 5.36. The van der Waals surface area contributed by atoms with Crippen molar-refractivity contribution in [3.05, 3.63) is 98.1 Å². The lowest BCUT2D eigenvalue weighted by molar-refractivity contribution is -0.117. The number of anilines is 2. The maximum Gasteiger partial charge on any atom is 0.229 e. The van der Waals surface area contributed by atoms with Gasteiger partial charge in [0.05, 0.1) is 0 Å². The van der Waals surface area contributed by atoms with Gasteiger partial charge in [-0.1, -0.05) is 37.5 Å². The topological polar surface area (TPSA) is 59.1 Å². The number of benzene rings is 2. The number of hydrogen-bond acceptors (Lipinski definition) is 4. The molecule has 1 spiro atoms. The predicted molar refractivity (Wildman–Crippen MR) is 148 cm³/mol. The minimum absolute atomic E-state index is 0.00117. The lowest BCUT2D eigenvalue weighted by Gasteiger charge is -2.42. The van der Waals surface area contributed by atoms with Crippen LogP contribution in [0.25, 0.3) is 0 Å². The van der Waals surface area contributed by atoms with Crippen LogP contribution in [0.3, 0.4) is 0 Å². The quantitative estimate of drug-likeness (QED) is 0.341. The molecule has 6 nitrogen and oxygen atoms in total. The van der Waals surface area contributed by atoms with Crippen LogP contribution >= 0.6 is 0 Å². The van der Waals surface area contributed by atoms with Crippen molar-refractivity contribution in [1.29, 1.82) is 0 Å². The van der Waals surface area contributed by atoms with Gasteiger partial charge in [0.1, 0.15) is 30.4 Å². The molecular weight excluding hydrogens is 464 g/mol. The molecule has 0 unspecified atom stereocenters. The van der Waals surface area contributed by atoms with Gasteiger partial charge in [-0.25, -0.2) is 0 Å². The molecule has 2 aromatic rings. The molecule has 0 bridgehead atoms. The monoisotopic (exact) mass is 498 g/mol. The van der Waals surface area contributed by atoms with Gasteiger partial charge < -0.3 is 9.47 Å². The van der Waals surface area contributed by atoms with E-state index in [0.29, 0.717) is 51.7 Å². The number of amides is 2. The summed E-state index contributed by atoms with van der Waals surface area (Å²) in [6, 6.07) is 11.5. The number of nitrogens with zero attached hydrogens (tertiary/aromatic N) is 2. The number of hydrogen-bond donors (Lipinski definition) is 0. The van der Waals surface area contributed by atoms with Gasteiger partial charge in [-0.3, -0.25) is 19.4 Å². The second-order valence-electron chi connectivity index (χ2n) is 9.21. The zero-order chi connectivity index (χ0) is 26.4. The van der Waals surface area contributed by atoms with E-state index in [1.165, 1.54) is 0 Å². The van der Waals surface area contributed by atoms with Gasteiger partial charge in [0.25, 0.3) is 0 Å². The summed E-state index contributed by atoms with van der Waals surface area (Å²) in [5.41, 5.74) is 2.59. The maximum atomic E-state index is 13.4. The molecule has 2 amide bonds. The van der Waals surface area contributed by atoms with Gasteiger partial charge >= 0.3 is 0 Å². The first-order valence-corrected chi connectivity index (χ1v) is 12.6. The van der Waals surface area contributed by atoms with E-state index in [4.69, 9.17) is 9.47 Å². The first-order chi connectivity index (χ1) is 18.0. The fourth-order valence-electron chi connectivity index (χ4n) is 5.36. The van der Waals surface area contributed by atoms with E-state index in [1.54, 1.807) is 12.2 Å². The molecule has 2 saturated heterocycles. The lowest BCUT2D eigenvalue weighted by Crippen LogP contribution is -2.56. The van der Waals surface area contributed by atoms with E-state index in [1.807, 2.05) is 58.4 Å². The van der Waals surface area contributed by atoms with Crippen LogP contribution in [0, 0.1) is 0 Å². The highest BCUT2D eigenvalue weighted by molar-refractivity contribution is 6.05. The Morgan fingerprint density at radius 3 is 1.51 bits per heavy atom. The molecule has 0 saturated carbocycles. The van der Waals surface area contributed by atoms with E-state index >= 15 is 0 Å². The SMILES string of the molecule is C=CCOc1ccc(N2C(=O)CCC23CCC(=O)N3c2ccc(OCC=C)c(CC=C)c2)cc1CC=C. The van der Waals surface area contributed by atoms with Gasteiger partial charge in [-0.05, 0) is 73.2 Å². The third-order valence-electron chi connectivity index (χ3n) is 6.86. The minimum Gasteiger partial charge on any atom is -0.489 e. The summed E-state index contributed by atoms with van der Waals surface area (Å²) in [5, 5.41) is 0. The molecule has 4 rings (SSSR count). The van der Waals surface area contributed by atoms with Crippen molar-refractivity contribution >= 4 is 23.2 Å². The highest BCUT2D eigenvalue weighted by Crippen LogP contribution is 2.48. The third-order valence-corrected chi connectivity index (χ3v) is 6.86. The maximum absolute atomic E-state index is 13.4. The summed E-state index contributed by atoms with van der Waals surface area (Å²) in [6.45, 7) is 15.9. The molecule has 2 heterocycles. The Morgan fingerprint density at radius 1 is 0.703 bits per heavy atom. The molecule has 2 aliphatic heterocycles. The van der Waals surface area contributed by atoms with Crippen molar-refractivity contribution in [2.45, 2.75) is 44.2 Å². The second-order valence-corrected chi connectivity index (χ2v) is 9.21. The van der Waals surface area contributed by atoms with Crippen molar-refractivity contribution in [2.75, 3.05) is 23.0 Å². The summed E-state index contributed by atoms with van der Waals surface area (Å²) in [7, 11) is 0. The highest BCUT2D eigenvalue weighted by atomic mass is 16.5. The predicted octanol–water partition coefficient (Wildman–Crippen LogP) is 5.92. The van der Waals surface area contributed by atoms with E-state index in [9.17, 15) is 9.59 Å². The summed E-state index contributed by atoms with van der Waals surface area (Å²) in [6.07, 6.45) is 10.1. The van der Waals surface area contributed by atoms with Crippen LogP contribution in [0.4, 0.5) is 11.4 Å². The Morgan fingerprint density at radius 2 is 1.14 bits per heavy atom. The summed E-state index contributed by atoms with van der Waals surface area (Å²) >= 11 is 0. The lowest BCUT2D eigenvalue weighted by atomic mass is 10.0. The second kappa shape index (κ2) is 11.3. The van der Waals surface area contributed by atoms with Crippen LogP contribution in [-0.2, 0) is 22.4 Å². The van der Waals surface area contributed by atoms with E-state index < -0.39 is 5.66 Å². The fraction of sp³-hybridized carbons (Fsp3) is 0.290. The summed E-state index contributed by atoms with van der Waals surface area (Å²) in [5.74, 6) is 1.46. The first-order valence-electron chi connectivity index (χ1n) is 12.6. The Labute approximate surface area is 219 Å². The average Bonchev–Trinajstić information content (AvgIpc) is 3.40. The van der Waals surface area contributed by atoms with Crippen LogP contribution in [0.2, 0.25) is 0 Å². The minimum atomic E-state index is -0.766. The smallest absolute Gasteiger partial charge is 0.229 e. The molecule has 2 aliphatic rings.